The van der Waals surface area contributed by atoms with E-state index in [9.17, 15) is 4.79 Å². The van der Waals surface area contributed by atoms with Gasteiger partial charge in [-0.1, -0.05) is 69.1 Å². The van der Waals surface area contributed by atoms with E-state index < -0.39 is 0 Å². The lowest BCUT2D eigenvalue weighted by Crippen LogP contribution is -2.27. The van der Waals surface area contributed by atoms with Gasteiger partial charge in [0.2, 0.25) is 5.91 Å². The van der Waals surface area contributed by atoms with E-state index in [1.165, 1.54) is 55.0 Å². The summed E-state index contributed by atoms with van der Waals surface area (Å²) in [6.45, 7) is 7.07. The van der Waals surface area contributed by atoms with Crippen LogP contribution in [0, 0.1) is 6.92 Å². The fourth-order valence-electron chi connectivity index (χ4n) is 3.80. The number of benzene rings is 1. The van der Waals surface area contributed by atoms with Crippen LogP contribution in [0.3, 0.4) is 0 Å². The van der Waals surface area contributed by atoms with Crippen molar-refractivity contribution in [3.05, 3.63) is 41.2 Å². The smallest absolute Gasteiger partial charge is 0.230 e. The molecule has 1 aromatic heterocycles. The monoisotopic (exact) mass is 400 g/mol. The van der Waals surface area contributed by atoms with E-state index in [1.54, 1.807) is 0 Å². The Kier molecular flexibility index (Phi) is 7.54. The quantitative estimate of drug-likeness (QED) is 0.654. The van der Waals surface area contributed by atoms with Gasteiger partial charge in [0.25, 0.3) is 0 Å². The molecule has 3 rings (SSSR count). The molecule has 152 valence electrons. The Morgan fingerprint density at radius 1 is 1.18 bits per heavy atom. The Morgan fingerprint density at radius 2 is 1.89 bits per heavy atom. The number of hydrogen-bond acceptors (Lipinski definition) is 4. The molecule has 1 aromatic carbocycles. The highest BCUT2D eigenvalue weighted by molar-refractivity contribution is 7.99. The fourth-order valence-corrected chi connectivity index (χ4v) is 4.69. The van der Waals surface area contributed by atoms with Crippen LogP contribution < -0.4 is 5.32 Å². The minimum Gasteiger partial charge on any atom is -0.355 e. The first-order valence-electron chi connectivity index (χ1n) is 10.4. The molecular weight excluding hydrogens is 368 g/mol. The predicted octanol–water partition coefficient (Wildman–Crippen LogP) is 4.67. The predicted molar refractivity (Wildman–Crippen MR) is 115 cm³/mol. The number of rotatable bonds is 8. The van der Waals surface area contributed by atoms with E-state index in [2.05, 4.69) is 58.2 Å². The number of thioether (sulfide) groups is 1. The zero-order valence-electron chi connectivity index (χ0n) is 17.3. The van der Waals surface area contributed by atoms with Gasteiger partial charge in [-0.2, -0.15) is 0 Å². The van der Waals surface area contributed by atoms with Crippen LogP contribution in [0.5, 0.6) is 0 Å². The second-order valence-corrected chi connectivity index (χ2v) is 8.92. The van der Waals surface area contributed by atoms with Crippen molar-refractivity contribution in [3.63, 3.8) is 0 Å². The molecule has 1 N–H and O–H groups in total. The lowest BCUT2D eigenvalue weighted by atomic mass is 9.95. The van der Waals surface area contributed by atoms with Gasteiger partial charge in [-0.25, -0.2) is 0 Å². The molecular formula is C22H32N4OS. The highest BCUT2D eigenvalue weighted by Crippen LogP contribution is 2.32. The van der Waals surface area contributed by atoms with E-state index in [-0.39, 0.29) is 5.91 Å². The number of aryl methyl sites for hydroxylation is 1. The molecule has 2 aromatic rings. The van der Waals surface area contributed by atoms with Crippen molar-refractivity contribution in [1.82, 2.24) is 20.1 Å². The summed E-state index contributed by atoms with van der Waals surface area (Å²) >= 11 is 1.50. The third kappa shape index (κ3) is 5.60. The normalized spacial score (nSPS) is 15.1. The SMILES string of the molecule is Cc1nnc(SCC(=O)NCCc2ccc(C(C)C)cc2)n1C1CCCCC1. The van der Waals surface area contributed by atoms with Crippen LogP contribution in [0.2, 0.25) is 0 Å². The van der Waals surface area contributed by atoms with Crippen molar-refractivity contribution < 1.29 is 4.79 Å². The van der Waals surface area contributed by atoms with Gasteiger partial charge in [-0.15, -0.1) is 10.2 Å². The molecule has 1 aliphatic carbocycles. The van der Waals surface area contributed by atoms with Crippen molar-refractivity contribution in [3.8, 4) is 0 Å². The Morgan fingerprint density at radius 3 is 2.57 bits per heavy atom. The first-order chi connectivity index (χ1) is 13.5. The van der Waals surface area contributed by atoms with Crippen LogP contribution in [0.15, 0.2) is 29.4 Å². The molecule has 1 aliphatic rings. The highest BCUT2D eigenvalue weighted by atomic mass is 32.2. The summed E-state index contributed by atoms with van der Waals surface area (Å²) in [6.07, 6.45) is 7.09. The van der Waals surface area contributed by atoms with Gasteiger partial charge in [0, 0.05) is 12.6 Å². The summed E-state index contributed by atoms with van der Waals surface area (Å²) in [5, 5.41) is 12.5. The number of carbonyl (C=O) groups excluding carboxylic acids is 1. The van der Waals surface area contributed by atoms with Crippen LogP contribution in [0.1, 0.15) is 74.9 Å². The molecule has 0 atom stereocenters. The first kappa shape index (κ1) is 20.9. The molecule has 1 fully saturated rings. The number of nitrogens with zero attached hydrogens (tertiary/aromatic N) is 3. The highest BCUT2D eigenvalue weighted by Gasteiger charge is 2.21. The van der Waals surface area contributed by atoms with Crippen molar-refractivity contribution in [2.45, 2.75) is 76.4 Å². The Balaban J connectivity index is 1.44. The first-order valence-corrected chi connectivity index (χ1v) is 11.4. The van der Waals surface area contributed by atoms with Crippen molar-refractivity contribution in [2.24, 2.45) is 0 Å². The van der Waals surface area contributed by atoms with E-state index in [0.29, 0.717) is 24.3 Å². The molecule has 0 spiro atoms. The lowest BCUT2D eigenvalue weighted by Gasteiger charge is -2.24. The van der Waals surface area contributed by atoms with E-state index in [1.807, 2.05) is 6.92 Å². The van der Waals surface area contributed by atoms with Gasteiger partial charge < -0.3 is 9.88 Å². The maximum absolute atomic E-state index is 12.3. The standard InChI is InChI=1S/C22H32N4OS/c1-16(2)19-11-9-18(10-12-19)13-14-23-21(27)15-28-22-25-24-17(3)26(22)20-7-5-4-6-8-20/h9-12,16,20H,4-8,13-15H2,1-3H3,(H,23,27). The molecule has 1 amide bonds. The molecule has 0 saturated heterocycles. The molecule has 0 aliphatic heterocycles. The van der Waals surface area contributed by atoms with Gasteiger partial charge in [-0.05, 0) is 43.2 Å². The maximum atomic E-state index is 12.3. The van der Waals surface area contributed by atoms with Crippen LogP contribution in [-0.2, 0) is 11.2 Å². The summed E-state index contributed by atoms with van der Waals surface area (Å²) < 4.78 is 2.24. The van der Waals surface area contributed by atoms with Crippen LogP contribution in [0.4, 0.5) is 0 Å². The molecule has 1 saturated carbocycles. The third-order valence-electron chi connectivity index (χ3n) is 5.49. The summed E-state index contributed by atoms with van der Waals surface area (Å²) in [5.74, 6) is 1.95. The maximum Gasteiger partial charge on any atom is 0.230 e. The number of hydrogen-bond donors (Lipinski definition) is 1. The van der Waals surface area contributed by atoms with E-state index in [4.69, 9.17) is 0 Å². The van der Waals surface area contributed by atoms with Gasteiger partial charge >= 0.3 is 0 Å². The largest absolute Gasteiger partial charge is 0.355 e. The number of carbonyl (C=O) groups is 1. The lowest BCUT2D eigenvalue weighted by molar-refractivity contribution is -0.118. The molecule has 0 bridgehead atoms. The van der Waals surface area contributed by atoms with Crippen molar-refractivity contribution in [1.29, 1.82) is 0 Å². The number of amides is 1. The van der Waals surface area contributed by atoms with Gasteiger partial charge in [0.15, 0.2) is 5.16 Å². The van der Waals surface area contributed by atoms with Gasteiger partial charge in [-0.3, -0.25) is 4.79 Å². The topological polar surface area (TPSA) is 59.8 Å². The molecule has 6 heteroatoms. The summed E-state index contributed by atoms with van der Waals surface area (Å²) in [7, 11) is 0. The zero-order chi connectivity index (χ0) is 19.9. The van der Waals surface area contributed by atoms with Crippen LogP contribution >= 0.6 is 11.8 Å². The Labute approximate surface area is 172 Å². The zero-order valence-corrected chi connectivity index (χ0v) is 18.1. The summed E-state index contributed by atoms with van der Waals surface area (Å²) in [5.41, 5.74) is 2.60. The molecule has 1 heterocycles. The van der Waals surface area contributed by atoms with E-state index >= 15 is 0 Å². The number of nitrogens with one attached hydrogen (secondary N) is 1. The second-order valence-electron chi connectivity index (χ2n) is 7.98. The molecule has 5 nitrogen and oxygen atoms in total. The van der Waals surface area contributed by atoms with Crippen LogP contribution in [0.25, 0.3) is 0 Å². The Bertz CT molecular complexity index is 763. The molecule has 28 heavy (non-hydrogen) atoms. The second kappa shape index (κ2) is 10.1. The molecule has 0 radical (unpaired) electrons. The van der Waals surface area contributed by atoms with E-state index in [0.717, 1.165) is 17.4 Å². The van der Waals surface area contributed by atoms with Gasteiger partial charge in [0.1, 0.15) is 5.82 Å². The average molecular weight is 401 g/mol. The van der Waals surface area contributed by atoms with Gasteiger partial charge in [0.05, 0.1) is 5.75 Å². The summed E-state index contributed by atoms with van der Waals surface area (Å²) in [6, 6.07) is 9.16. The molecule has 0 unspecified atom stereocenters. The minimum atomic E-state index is 0.0552. The third-order valence-corrected chi connectivity index (χ3v) is 6.43. The van der Waals surface area contributed by atoms with Crippen molar-refractivity contribution in [2.75, 3.05) is 12.3 Å². The fraction of sp³-hybridized carbons (Fsp3) is 0.591. The number of aromatic nitrogens is 3. The average Bonchev–Trinajstić information content (AvgIpc) is 3.08. The van der Waals surface area contributed by atoms with Crippen molar-refractivity contribution >= 4 is 17.7 Å². The summed E-state index contributed by atoms with van der Waals surface area (Å²) in [4.78, 5) is 12.3. The minimum absolute atomic E-state index is 0.0552. The van der Waals surface area contributed by atoms with Crippen LogP contribution in [-0.4, -0.2) is 33.0 Å². The Hall–Kier alpha value is -1.82.